The molecule has 0 radical (unpaired) electrons. The molecule has 14 nitrogen and oxygen atoms in total. The number of carbonyl (C=O) groups excluding carboxylic acids is 5. The van der Waals surface area contributed by atoms with E-state index in [0.717, 1.165) is 16.5 Å². The van der Waals surface area contributed by atoms with Crippen molar-refractivity contribution < 1.29 is 29.1 Å². The average Bonchev–Trinajstić information content (AvgIpc) is 3.81. The van der Waals surface area contributed by atoms with Crippen molar-refractivity contribution in [2.45, 2.75) is 50.0 Å². The monoisotopic (exact) mass is 654 g/mol. The van der Waals surface area contributed by atoms with Crippen LogP contribution in [0.3, 0.4) is 0 Å². The van der Waals surface area contributed by atoms with E-state index in [0.29, 0.717) is 5.56 Å². The topological polar surface area (TPSA) is 182 Å². The zero-order valence-corrected chi connectivity index (χ0v) is 26.6. The molecule has 5 atom stereocenters. The number of nitrogens with zero attached hydrogens (tertiary/aromatic N) is 4. The third kappa shape index (κ3) is 6.79. The van der Waals surface area contributed by atoms with E-state index >= 15 is 0 Å². The number of H-pyrrole nitrogens is 1. The van der Waals surface area contributed by atoms with Crippen LogP contribution in [0, 0.1) is 0 Å². The van der Waals surface area contributed by atoms with E-state index in [1.165, 1.54) is 33.7 Å². The number of amides is 5. The number of hydrogen-bond acceptors (Lipinski definition) is 7. The number of aliphatic hydroxyl groups is 1. The van der Waals surface area contributed by atoms with Crippen molar-refractivity contribution in [2.24, 2.45) is 7.05 Å². The highest BCUT2D eigenvalue weighted by Crippen LogP contribution is 2.24. The largest absolute Gasteiger partial charge is 0.391 e. The molecule has 48 heavy (non-hydrogen) atoms. The van der Waals surface area contributed by atoms with Gasteiger partial charge in [0.2, 0.25) is 23.6 Å². The Bertz CT molecular complexity index is 1840. The second-order valence-electron chi connectivity index (χ2n) is 12.3. The van der Waals surface area contributed by atoms with Crippen LogP contribution in [0.4, 0.5) is 0 Å². The number of benzene rings is 2. The molecule has 0 unspecified atom stereocenters. The Morgan fingerprint density at radius 2 is 1.69 bits per heavy atom. The molecular formula is C34H38N8O6. The van der Waals surface area contributed by atoms with Gasteiger partial charge in [0.1, 0.15) is 23.8 Å². The number of nitrogens with one attached hydrogen (secondary N) is 4. The van der Waals surface area contributed by atoms with Crippen molar-refractivity contribution in [3.8, 4) is 0 Å². The molecule has 2 aliphatic rings. The standard InChI is InChI=1S/C34H38N8O6/c1-20-31(45)39-27(21-8-4-3-5-9-21)18-41(34(48)28-12-13-36-40(28)2)19-30(44)38-26(14-22-16-35-25-11-7-6-10-24(22)25)33(47)42-17-23(43)15-29(42)32(46)37-20/h3-13,16,20,23,26-27,29,35,43H,14-15,17-19H2,1-2H3,(H,37,46)(H,38,44)(H,39,45)/t20-,23+,26+,27-,29-/m0/s1. The van der Waals surface area contributed by atoms with E-state index in [2.05, 4.69) is 26.0 Å². The van der Waals surface area contributed by atoms with Gasteiger partial charge in [0.05, 0.1) is 18.7 Å². The Kier molecular flexibility index (Phi) is 9.26. The van der Waals surface area contributed by atoms with Crippen molar-refractivity contribution in [3.05, 3.63) is 89.9 Å². The van der Waals surface area contributed by atoms with Gasteiger partial charge in [-0.15, -0.1) is 0 Å². The summed E-state index contributed by atoms with van der Waals surface area (Å²) in [5.41, 5.74) is 2.51. The van der Waals surface area contributed by atoms with Gasteiger partial charge in [-0.1, -0.05) is 48.5 Å². The predicted octanol–water partition coefficient (Wildman–Crippen LogP) is 0.409. The zero-order valence-electron chi connectivity index (χ0n) is 26.6. The van der Waals surface area contributed by atoms with Crippen LogP contribution < -0.4 is 16.0 Å². The number of carbonyl (C=O) groups is 5. The first-order valence-electron chi connectivity index (χ1n) is 15.8. The summed E-state index contributed by atoms with van der Waals surface area (Å²) in [6.07, 6.45) is 2.31. The fraction of sp³-hybridized carbons (Fsp3) is 0.353. The number of para-hydroxylation sites is 1. The summed E-state index contributed by atoms with van der Waals surface area (Å²) in [6.45, 7) is 0.850. The number of aromatic nitrogens is 3. The van der Waals surface area contributed by atoms with Crippen molar-refractivity contribution in [2.75, 3.05) is 19.6 Å². The second-order valence-corrected chi connectivity index (χ2v) is 12.3. The Labute approximate surface area is 276 Å². The minimum Gasteiger partial charge on any atom is -0.391 e. The van der Waals surface area contributed by atoms with Crippen molar-refractivity contribution in [1.82, 2.24) is 40.5 Å². The van der Waals surface area contributed by atoms with E-state index in [-0.39, 0.29) is 31.6 Å². The molecule has 5 N–H and O–H groups in total. The Morgan fingerprint density at radius 1 is 0.938 bits per heavy atom. The predicted molar refractivity (Wildman–Crippen MR) is 174 cm³/mol. The second kappa shape index (κ2) is 13.7. The van der Waals surface area contributed by atoms with Crippen molar-refractivity contribution in [1.29, 1.82) is 0 Å². The van der Waals surface area contributed by atoms with Gasteiger partial charge in [0.25, 0.3) is 5.91 Å². The lowest BCUT2D eigenvalue weighted by Crippen LogP contribution is -2.56. The number of hydrogen-bond donors (Lipinski definition) is 5. The molecule has 5 amide bonds. The highest BCUT2D eigenvalue weighted by atomic mass is 16.3. The number of fused-ring (bicyclic) bond motifs is 2. The summed E-state index contributed by atoms with van der Waals surface area (Å²) < 4.78 is 1.39. The molecule has 0 aliphatic carbocycles. The van der Waals surface area contributed by atoms with Crippen LogP contribution in [0.2, 0.25) is 0 Å². The van der Waals surface area contributed by atoms with Crippen LogP contribution in [-0.4, -0.2) is 103 Å². The van der Waals surface area contributed by atoms with Crippen molar-refractivity contribution in [3.63, 3.8) is 0 Å². The van der Waals surface area contributed by atoms with E-state index in [1.807, 2.05) is 30.3 Å². The highest BCUT2D eigenvalue weighted by Gasteiger charge is 2.42. The van der Waals surface area contributed by atoms with Gasteiger partial charge in [-0.05, 0) is 30.2 Å². The molecule has 2 fully saturated rings. The summed E-state index contributed by atoms with van der Waals surface area (Å²) >= 11 is 0. The smallest absolute Gasteiger partial charge is 0.272 e. The first-order valence-corrected chi connectivity index (χ1v) is 15.8. The van der Waals surface area contributed by atoms with Gasteiger partial charge < -0.3 is 35.8 Å². The van der Waals surface area contributed by atoms with Gasteiger partial charge in [0.15, 0.2) is 0 Å². The molecule has 4 heterocycles. The van der Waals surface area contributed by atoms with Crippen LogP contribution in [0.5, 0.6) is 0 Å². The first-order chi connectivity index (χ1) is 23.1. The molecule has 0 spiro atoms. The van der Waals surface area contributed by atoms with Crippen LogP contribution in [0.25, 0.3) is 10.9 Å². The normalized spacial score (nSPS) is 24.4. The number of aliphatic hydroxyl groups excluding tert-OH is 1. The summed E-state index contributed by atoms with van der Waals surface area (Å²) in [5.74, 6) is -2.82. The van der Waals surface area contributed by atoms with Crippen molar-refractivity contribution >= 4 is 40.4 Å². The quantitative estimate of drug-likeness (QED) is 0.211. The number of aryl methyl sites for hydroxylation is 1. The maximum atomic E-state index is 14.2. The molecule has 4 aromatic rings. The number of rotatable bonds is 4. The molecule has 250 valence electrons. The van der Waals surface area contributed by atoms with Gasteiger partial charge in [-0.3, -0.25) is 28.7 Å². The van der Waals surface area contributed by atoms with Gasteiger partial charge in [-0.25, -0.2) is 0 Å². The molecule has 6 rings (SSSR count). The summed E-state index contributed by atoms with van der Waals surface area (Å²) in [5, 5.41) is 24.0. The Morgan fingerprint density at radius 3 is 2.44 bits per heavy atom. The summed E-state index contributed by atoms with van der Waals surface area (Å²) in [6, 6.07) is 14.1. The summed E-state index contributed by atoms with van der Waals surface area (Å²) in [4.78, 5) is 74.9. The van der Waals surface area contributed by atoms with E-state index in [4.69, 9.17) is 0 Å². The van der Waals surface area contributed by atoms with Crippen LogP contribution in [-0.2, 0) is 32.6 Å². The SMILES string of the molecule is C[C@@H]1NC(=O)[C@@H]2C[C@@H](O)CN2C(=O)[C@@H](Cc2c[nH]c3ccccc23)NC(=O)CN(C(=O)c2ccnn2C)C[C@@H](c2ccccc2)NC1=O. The fourth-order valence-corrected chi connectivity index (χ4v) is 6.42. The van der Waals surface area contributed by atoms with Crippen LogP contribution in [0.15, 0.2) is 73.1 Å². The maximum Gasteiger partial charge on any atom is 0.272 e. The van der Waals surface area contributed by atoms with Crippen LogP contribution in [0.1, 0.15) is 41.0 Å². The lowest BCUT2D eigenvalue weighted by atomic mass is 10.0. The van der Waals surface area contributed by atoms with E-state index < -0.39 is 66.4 Å². The highest BCUT2D eigenvalue weighted by molar-refractivity contribution is 5.98. The Balaban J connectivity index is 1.40. The van der Waals surface area contributed by atoms with E-state index in [1.54, 1.807) is 37.5 Å². The minimum atomic E-state index is -1.14. The molecule has 2 aromatic heterocycles. The molecule has 2 aliphatic heterocycles. The maximum absolute atomic E-state index is 14.2. The molecule has 2 aromatic carbocycles. The molecule has 0 bridgehead atoms. The lowest BCUT2D eigenvalue weighted by molar-refractivity contribution is -0.142. The zero-order chi connectivity index (χ0) is 33.9. The first kappa shape index (κ1) is 32.4. The van der Waals surface area contributed by atoms with Gasteiger partial charge >= 0.3 is 0 Å². The molecule has 0 saturated carbocycles. The number of aromatic amines is 1. The third-order valence-corrected chi connectivity index (χ3v) is 8.93. The minimum absolute atomic E-state index is 0.0285. The third-order valence-electron chi connectivity index (χ3n) is 8.93. The molecular weight excluding hydrogens is 616 g/mol. The lowest BCUT2D eigenvalue weighted by Gasteiger charge is -2.30. The van der Waals surface area contributed by atoms with Gasteiger partial charge in [-0.2, -0.15) is 5.10 Å². The molecule has 2 saturated heterocycles. The fourth-order valence-electron chi connectivity index (χ4n) is 6.42. The van der Waals surface area contributed by atoms with Gasteiger partial charge in [0, 0.05) is 56.3 Å². The Hall–Kier alpha value is -5.50. The molecule has 14 heteroatoms. The van der Waals surface area contributed by atoms with Crippen LogP contribution >= 0.6 is 0 Å². The van der Waals surface area contributed by atoms with E-state index in [9.17, 15) is 29.1 Å². The average molecular weight is 655 g/mol. The summed E-state index contributed by atoms with van der Waals surface area (Å²) in [7, 11) is 1.61.